The quantitative estimate of drug-likeness (QED) is 0.228. The van der Waals surface area contributed by atoms with Gasteiger partial charge in [0, 0.05) is 22.4 Å². The van der Waals surface area contributed by atoms with Crippen LogP contribution in [0.25, 0.3) is 0 Å². The molecule has 1 unspecified atom stereocenters. The van der Waals surface area contributed by atoms with Crippen LogP contribution in [0, 0.1) is 0 Å². The Balaban J connectivity index is 1.75. The predicted octanol–water partition coefficient (Wildman–Crippen LogP) is 4.31. The van der Waals surface area contributed by atoms with Gasteiger partial charge in [0.15, 0.2) is 11.6 Å². The van der Waals surface area contributed by atoms with Crippen molar-refractivity contribution in [2.75, 3.05) is 6.61 Å². The van der Waals surface area contributed by atoms with Gasteiger partial charge in [-0.2, -0.15) is 0 Å². The maximum absolute atomic E-state index is 12.5. The molecule has 1 atom stereocenters. The molecule has 0 aliphatic heterocycles. The van der Waals surface area contributed by atoms with E-state index in [-0.39, 0.29) is 18.2 Å². The summed E-state index contributed by atoms with van der Waals surface area (Å²) in [5, 5.41) is 0. The van der Waals surface area contributed by atoms with Crippen molar-refractivity contribution < 1.29 is 28.5 Å². The molecule has 0 amide bonds. The number of carbonyl (C=O) groups is 2. The average molecular weight is 468 g/mol. The van der Waals surface area contributed by atoms with Crippen molar-refractivity contribution in [3.05, 3.63) is 57.3 Å². The fourth-order valence-corrected chi connectivity index (χ4v) is 4.50. The van der Waals surface area contributed by atoms with E-state index in [1.807, 2.05) is 36.4 Å². The number of phosphoric acid groups is 1. The number of hydrogen-bond acceptors (Lipinski definition) is 6. The Kier molecular flexibility index (Phi) is 9.30. The molecule has 0 aliphatic rings. The van der Waals surface area contributed by atoms with Gasteiger partial charge in [0.25, 0.3) is 0 Å². The van der Waals surface area contributed by atoms with Crippen LogP contribution in [0.4, 0.5) is 0 Å². The summed E-state index contributed by atoms with van der Waals surface area (Å²) in [6.07, 6.45) is 4.02. The molecule has 0 saturated heterocycles. The molecule has 1 heterocycles. The Hall–Kier alpha value is -1.67. The number of thiophene rings is 1. The van der Waals surface area contributed by atoms with E-state index in [9.17, 15) is 14.2 Å². The normalized spacial score (nSPS) is 13.7. The second kappa shape index (κ2) is 11.3. The molecule has 0 bridgehead atoms. The highest BCUT2D eigenvalue weighted by Gasteiger charge is 2.24. The van der Waals surface area contributed by atoms with E-state index < -0.39 is 13.4 Å². The molecule has 31 heavy (non-hydrogen) atoms. The Morgan fingerprint density at radius 3 is 2.58 bits per heavy atom. The maximum atomic E-state index is 12.5. The lowest BCUT2D eigenvalue weighted by Crippen LogP contribution is -2.41. The van der Waals surface area contributed by atoms with Gasteiger partial charge in [0.2, 0.25) is 0 Å². The number of benzene rings is 1. The van der Waals surface area contributed by atoms with Gasteiger partial charge in [-0.3, -0.25) is 14.1 Å². The fourth-order valence-electron chi connectivity index (χ4n) is 3.06. The highest BCUT2D eigenvalue weighted by atomic mass is 32.1. The Bertz CT molecular complexity index is 949. The van der Waals surface area contributed by atoms with Gasteiger partial charge in [-0.05, 0) is 69.7 Å². The van der Waals surface area contributed by atoms with E-state index in [0.29, 0.717) is 29.7 Å². The molecule has 0 fully saturated rings. The summed E-state index contributed by atoms with van der Waals surface area (Å²) in [7, 11) is -4.54. The van der Waals surface area contributed by atoms with Gasteiger partial charge in [0.1, 0.15) is 0 Å². The van der Waals surface area contributed by atoms with Crippen LogP contribution in [-0.4, -0.2) is 33.5 Å². The summed E-state index contributed by atoms with van der Waals surface area (Å²) in [5.41, 5.74) is 6.98. The highest BCUT2D eigenvalue weighted by Crippen LogP contribution is 2.37. The first-order valence-corrected chi connectivity index (χ1v) is 12.5. The number of nitrogens with two attached hydrogens (primary N) is 1. The number of aryl methyl sites for hydroxylation is 2. The first-order valence-electron chi connectivity index (χ1n) is 10.2. The molecular weight excluding hydrogens is 437 g/mol. The van der Waals surface area contributed by atoms with Crippen molar-refractivity contribution in [1.29, 1.82) is 0 Å². The van der Waals surface area contributed by atoms with Crippen LogP contribution in [0.2, 0.25) is 0 Å². The van der Waals surface area contributed by atoms with E-state index in [2.05, 4.69) is 4.52 Å². The standard InChI is InChI=1S/C22H30NO6PS/c1-16(24)18-8-5-7-17(14-18)6-3-4-9-20(25)21-11-10-19(31-21)12-13-22(2,23)15-29-30(26,27)28/h5,7-8,10-11,14H,3-4,6,9,12-13,15,23H2,1-2H3,(H2,26,27,28). The zero-order chi connectivity index (χ0) is 23.1. The zero-order valence-electron chi connectivity index (χ0n) is 17.9. The Labute approximate surface area is 186 Å². The lowest BCUT2D eigenvalue weighted by molar-refractivity contribution is 0.0981. The van der Waals surface area contributed by atoms with Crippen LogP contribution in [0.15, 0.2) is 36.4 Å². The Morgan fingerprint density at radius 2 is 1.90 bits per heavy atom. The number of carbonyl (C=O) groups excluding carboxylic acids is 2. The van der Waals surface area contributed by atoms with Crippen molar-refractivity contribution in [2.45, 2.75) is 57.9 Å². The largest absolute Gasteiger partial charge is 0.469 e. The lowest BCUT2D eigenvalue weighted by Gasteiger charge is -2.24. The third-order valence-electron chi connectivity index (χ3n) is 4.89. The van der Waals surface area contributed by atoms with Crippen LogP contribution in [0.1, 0.15) is 70.0 Å². The second-order valence-electron chi connectivity index (χ2n) is 8.07. The van der Waals surface area contributed by atoms with Crippen molar-refractivity contribution in [3.63, 3.8) is 0 Å². The van der Waals surface area contributed by atoms with Crippen molar-refractivity contribution in [1.82, 2.24) is 0 Å². The van der Waals surface area contributed by atoms with Gasteiger partial charge in [-0.15, -0.1) is 11.3 Å². The van der Waals surface area contributed by atoms with E-state index in [4.69, 9.17) is 15.5 Å². The minimum absolute atomic E-state index is 0.0507. The number of Topliss-reactive ketones (excluding diaryl/α,β-unsaturated/α-hetero) is 2. The zero-order valence-corrected chi connectivity index (χ0v) is 19.6. The van der Waals surface area contributed by atoms with Gasteiger partial charge >= 0.3 is 7.82 Å². The number of rotatable bonds is 13. The minimum atomic E-state index is -4.54. The van der Waals surface area contributed by atoms with Gasteiger partial charge in [-0.25, -0.2) is 4.57 Å². The number of hydrogen-bond donors (Lipinski definition) is 3. The van der Waals surface area contributed by atoms with E-state index in [1.165, 1.54) is 11.3 Å². The topological polar surface area (TPSA) is 127 Å². The lowest BCUT2D eigenvalue weighted by atomic mass is 9.98. The summed E-state index contributed by atoms with van der Waals surface area (Å²) < 4.78 is 15.3. The first-order chi connectivity index (χ1) is 14.5. The van der Waals surface area contributed by atoms with E-state index in [0.717, 1.165) is 29.7 Å². The van der Waals surface area contributed by atoms with E-state index in [1.54, 1.807) is 13.8 Å². The van der Waals surface area contributed by atoms with Crippen LogP contribution < -0.4 is 5.73 Å². The van der Waals surface area contributed by atoms with Crippen LogP contribution >= 0.6 is 19.2 Å². The molecule has 0 radical (unpaired) electrons. The fraction of sp³-hybridized carbons (Fsp3) is 0.455. The molecule has 0 aliphatic carbocycles. The molecule has 9 heteroatoms. The van der Waals surface area contributed by atoms with Crippen molar-refractivity contribution in [2.24, 2.45) is 5.73 Å². The van der Waals surface area contributed by atoms with Crippen LogP contribution in [-0.2, 0) is 21.9 Å². The molecule has 170 valence electrons. The van der Waals surface area contributed by atoms with Gasteiger partial charge in [0.05, 0.1) is 11.5 Å². The molecule has 1 aromatic heterocycles. The molecule has 2 aromatic rings. The minimum Gasteiger partial charge on any atom is -0.323 e. The summed E-state index contributed by atoms with van der Waals surface area (Å²) in [6.45, 7) is 2.98. The van der Waals surface area contributed by atoms with Gasteiger partial charge < -0.3 is 15.5 Å². The van der Waals surface area contributed by atoms with Crippen LogP contribution in [0.5, 0.6) is 0 Å². The van der Waals surface area contributed by atoms with E-state index >= 15 is 0 Å². The summed E-state index contributed by atoms with van der Waals surface area (Å²) in [6, 6.07) is 11.3. The molecule has 4 N–H and O–H groups in total. The molecule has 2 rings (SSSR count). The first kappa shape index (κ1) is 25.6. The van der Waals surface area contributed by atoms with Crippen molar-refractivity contribution in [3.8, 4) is 0 Å². The Morgan fingerprint density at radius 1 is 1.16 bits per heavy atom. The van der Waals surface area contributed by atoms with Crippen molar-refractivity contribution >= 4 is 30.7 Å². The third kappa shape index (κ3) is 9.56. The van der Waals surface area contributed by atoms with Crippen LogP contribution in [0.3, 0.4) is 0 Å². The molecular formula is C22H30NO6PS. The maximum Gasteiger partial charge on any atom is 0.469 e. The average Bonchev–Trinajstić information content (AvgIpc) is 3.17. The smallest absolute Gasteiger partial charge is 0.323 e. The molecule has 0 spiro atoms. The molecule has 7 nitrogen and oxygen atoms in total. The highest BCUT2D eigenvalue weighted by molar-refractivity contribution is 7.46. The molecule has 1 aromatic carbocycles. The summed E-state index contributed by atoms with van der Waals surface area (Å²) in [4.78, 5) is 43.2. The van der Waals surface area contributed by atoms with Gasteiger partial charge in [-0.1, -0.05) is 18.2 Å². The summed E-state index contributed by atoms with van der Waals surface area (Å²) >= 11 is 1.43. The number of unbranched alkanes of at least 4 members (excludes halogenated alkanes) is 1. The molecule has 0 saturated carbocycles. The predicted molar refractivity (Wildman–Crippen MR) is 122 cm³/mol. The monoisotopic (exact) mass is 467 g/mol. The SMILES string of the molecule is CC(=O)c1cccc(CCCCC(=O)c2ccc(CCC(C)(N)COP(=O)(O)O)s2)c1. The summed E-state index contributed by atoms with van der Waals surface area (Å²) in [5.74, 6) is 0.156. The number of ketones is 2. The number of phosphoric ester groups is 1. The second-order valence-corrected chi connectivity index (χ2v) is 10.5. The third-order valence-corrected chi connectivity index (χ3v) is 6.55.